The summed E-state index contributed by atoms with van der Waals surface area (Å²) in [6.07, 6.45) is 2.48. The molecule has 0 unspecified atom stereocenters. The van der Waals surface area contributed by atoms with Gasteiger partial charge >= 0.3 is 0 Å². The summed E-state index contributed by atoms with van der Waals surface area (Å²) in [6, 6.07) is 13.0. The SMILES string of the molecule is Cc1cc(N)ccc1-c1nc2cc(Br)ccc2n1C1CC1. The van der Waals surface area contributed by atoms with Gasteiger partial charge in [-0.1, -0.05) is 15.9 Å². The van der Waals surface area contributed by atoms with Crippen molar-refractivity contribution < 1.29 is 0 Å². The van der Waals surface area contributed by atoms with Crippen molar-refractivity contribution in [2.75, 3.05) is 5.73 Å². The van der Waals surface area contributed by atoms with Crippen molar-refractivity contribution in [3.63, 3.8) is 0 Å². The Morgan fingerprint density at radius 2 is 2.00 bits per heavy atom. The molecule has 0 radical (unpaired) electrons. The maximum Gasteiger partial charge on any atom is 0.141 e. The van der Waals surface area contributed by atoms with E-state index in [0.717, 1.165) is 21.5 Å². The van der Waals surface area contributed by atoms with Crippen LogP contribution in [-0.4, -0.2) is 9.55 Å². The van der Waals surface area contributed by atoms with Crippen molar-refractivity contribution in [2.45, 2.75) is 25.8 Å². The third-order valence-corrected chi connectivity index (χ3v) is 4.55. The molecule has 0 atom stereocenters. The Kier molecular flexibility index (Phi) is 2.82. The van der Waals surface area contributed by atoms with E-state index in [-0.39, 0.29) is 0 Å². The lowest BCUT2D eigenvalue weighted by atomic mass is 10.1. The Labute approximate surface area is 131 Å². The summed E-state index contributed by atoms with van der Waals surface area (Å²) < 4.78 is 3.45. The maximum absolute atomic E-state index is 5.88. The molecular formula is C17H16BrN3. The maximum atomic E-state index is 5.88. The molecule has 1 aliphatic carbocycles. The molecule has 1 saturated carbocycles. The van der Waals surface area contributed by atoms with Crippen LogP contribution in [0.1, 0.15) is 24.4 Å². The Morgan fingerprint density at radius 3 is 2.71 bits per heavy atom. The molecule has 1 heterocycles. The van der Waals surface area contributed by atoms with Gasteiger partial charge in [0.15, 0.2) is 0 Å². The molecule has 0 spiro atoms. The summed E-state index contributed by atoms with van der Waals surface area (Å²) in [4.78, 5) is 4.89. The van der Waals surface area contributed by atoms with E-state index >= 15 is 0 Å². The quantitative estimate of drug-likeness (QED) is 0.687. The van der Waals surface area contributed by atoms with E-state index in [9.17, 15) is 0 Å². The zero-order valence-corrected chi connectivity index (χ0v) is 13.4. The highest BCUT2D eigenvalue weighted by atomic mass is 79.9. The number of hydrogen-bond acceptors (Lipinski definition) is 2. The smallest absolute Gasteiger partial charge is 0.141 e. The molecule has 21 heavy (non-hydrogen) atoms. The second-order valence-corrected chi connectivity index (χ2v) is 6.66. The molecular weight excluding hydrogens is 326 g/mol. The molecule has 1 aliphatic rings. The van der Waals surface area contributed by atoms with Gasteiger partial charge in [0.25, 0.3) is 0 Å². The number of nitrogens with two attached hydrogens (primary N) is 1. The van der Waals surface area contributed by atoms with Gasteiger partial charge in [-0.3, -0.25) is 0 Å². The summed E-state index contributed by atoms with van der Waals surface area (Å²) in [5.41, 5.74) is 11.3. The first kappa shape index (κ1) is 12.9. The lowest BCUT2D eigenvalue weighted by Crippen LogP contribution is -1.99. The van der Waals surface area contributed by atoms with Gasteiger partial charge in [0.2, 0.25) is 0 Å². The van der Waals surface area contributed by atoms with Crippen molar-refractivity contribution in [1.82, 2.24) is 9.55 Å². The molecule has 2 aromatic carbocycles. The highest BCUT2D eigenvalue weighted by Gasteiger charge is 2.29. The van der Waals surface area contributed by atoms with Crippen LogP contribution in [0.25, 0.3) is 22.4 Å². The Hall–Kier alpha value is -1.81. The molecule has 0 bridgehead atoms. The molecule has 3 nitrogen and oxygen atoms in total. The third-order valence-electron chi connectivity index (χ3n) is 4.05. The highest BCUT2D eigenvalue weighted by Crippen LogP contribution is 2.42. The van der Waals surface area contributed by atoms with Crippen LogP contribution < -0.4 is 5.73 Å². The minimum absolute atomic E-state index is 0.586. The fraction of sp³-hybridized carbons (Fsp3) is 0.235. The summed E-state index contributed by atoms with van der Waals surface area (Å²) in [5.74, 6) is 1.06. The molecule has 0 amide bonds. The number of hydrogen-bond donors (Lipinski definition) is 1. The Morgan fingerprint density at radius 1 is 1.19 bits per heavy atom. The second kappa shape index (κ2) is 4.60. The van der Waals surface area contributed by atoms with Crippen molar-refractivity contribution in [3.05, 3.63) is 46.4 Å². The number of aryl methyl sites for hydroxylation is 1. The van der Waals surface area contributed by atoms with E-state index in [2.05, 4.69) is 51.7 Å². The molecule has 4 heteroatoms. The molecule has 2 N–H and O–H groups in total. The minimum Gasteiger partial charge on any atom is -0.399 e. The van der Waals surface area contributed by atoms with E-state index in [1.54, 1.807) is 0 Å². The first-order valence-corrected chi connectivity index (χ1v) is 7.97. The van der Waals surface area contributed by atoms with Gasteiger partial charge in [0, 0.05) is 21.8 Å². The summed E-state index contributed by atoms with van der Waals surface area (Å²) in [7, 11) is 0. The highest BCUT2D eigenvalue weighted by molar-refractivity contribution is 9.10. The van der Waals surface area contributed by atoms with E-state index in [1.165, 1.54) is 29.5 Å². The van der Waals surface area contributed by atoms with Crippen LogP contribution in [0.5, 0.6) is 0 Å². The molecule has 106 valence electrons. The van der Waals surface area contributed by atoms with Gasteiger partial charge in [-0.2, -0.15) is 0 Å². The zero-order chi connectivity index (χ0) is 14.6. The van der Waals surface area contributed by atoms with E-state index in [1.807, 2.05) is 12.1 Å². The number of nitrogen functional groups attached to an aromatic ring is 1. The predicted octanol–water partition coefficient (Wildman–Crippen LogP) is 4.69. The number of benzene rings is 2. The van der Waals surface area contributed by atoms with Gasteiger partial charge in [0.1, 0.15) is 5.82 Å². The van der Waals surface area contributed by atoms with Crippen molar-refractivity contribution >= 4 is 32.7 Å². The number of nitrogens with zero attached hydrogens (tertiary/aromatic N) is 2. The van der Waals surface area contributed by atoms with Gasteiger partial charge < -0.3 is 10.3 Å². The molecule has 1 fully saturated rings. The normalized spacial score (nSPS) is 14.8. The minimum atomic E-state index is 0.586. The first-order valence-electron chi connectivity index (χ1n) is 7.17. The van der Waals surface area contributed by atoms with E-state index < -0.39 is 0 Å². The molecule has 1 aromatic heterocycles. The first-order chi connectivity index (χ1) is 10.1. The number of anilines is 1. The fourth-order valence-electron chi connectivity index (χ4n) is 2.90. The van der Waals surface area contributed by atoms with Gasteiger partial charge in [-0.15, -0.1) is 0 Å². The lowest BCUT2D eigenvalue weighted by molar-refractivity contribution is 0.774. The van der Waals surface area contributed by atoms with Crippen molar-refractivity contribution in [2.24, 2.45) is 0 Å². The average Bonchev–Trinajstić information content (AvgIpc) is 3.20. The lowest BCUT2D eigenvalue weighted by Gasteiger charge is -2.10. The molecule has 3 aromatic rings. The van der Waals surface area contributed by atoms with Gasteiger partial charge in [0.05, 0.1) is 11.0 Å². The predicted molar refractivity (Wildman–Crippen MR) is 90.3 cm³/mol. The van der Waals surface area contributed by atoms with Crippen LogP contribution in [0.3, 0.4) is 0 Å². The number of imidazole rings is 1. The van der Waals surface area contributed by atoms with Crippen molar-refractivity contribution in [1.29, 1.82) is 0 Å². The summed E-state index contributed by atoms with van der Waals surface area (Å²) in [5, 5.41) is 0. The van der Waals surface area contributed by atoms with Gasteiger partial charge in [-0.05, 0) is 61.7 Å². The number of aromatic nitrogens is 2. The van der Waals surface area contributed by atoms with E-state index in [0.29, 0.717) is 6.04 Å². The van der Waals surface area contributed by atoms with Crippen LogP contribution >= 0.6 is 15.9 Å². The number of fused-ring (bicyclic) bond motifs is 1. The zero-order valence-electron chi connectivity index (χ0n) is 11.8. The van der Waals surface area contributed by atoms with Gasteiger partial charge in [-0.25, -0.2) is 4.98 Å². The number of rotatable bonds is 2. The monoisotopic (exact) mass is 341 g/mol. The third kappa shape index (κ3) is 2.14. The summed E-state index contributed by atoms with van der Waals surface area (Å²) in [6.45, 7) is 2.10. The Bertz CT molecular complexity index is 847. The molecule has 0 aliphatic heterocycles. The average molecular weight is 342 g/mol. The topological polar surface area (TPSA) is 43.8 Å². The van der Waals surface area contributed by atoms with Crippen LogP contribution in [0.4, 0.5) is 5.69 Å². The fourth-order valence-corrected chi connectivity index (χ4v) is 3.25. The Balaban J connectivity index is 2.01. The van der Waals surface area contributed by atoms with Crippen LogP contribution in [0.2, 0.25) is 0 Å². The van der Waals surface area contributed by atoms with Crippen LogP contribution in [-0.2, 0) is 0 Å². The van der Waals surface area contributed by atoms with Crippen LogP contribution in [0.15, 0.2) is 40.9 Å². The summed E-state index contributed by atoms with van der Waals surface area (Å²) >= 11 is 3.53. The number of halogens is 1. The van der Waals surface area contributed by atoms with Crippen molar-refractivity contribution in [3.8, 4) is 11.4 Å². The largest absolute Gasteiger partial charge is 0.399 e. The second-order valence-electron chi connectivity index (χ2n) is 5.74. The molecule has 4 rings (SSSR count). The molecule has 0 saturated heterocycles. The standard InChI is InChI=1S/C17H16BrN3/c1-10-8-12(19)3-6-14(10)17-20-15-9-11(18)2-7-16(15)21(17)13-4-5-13/h2-3,6-9,13H,4-5,19H2,1H3. The van der Waals surface area contributed by atoms with E-state index in [4.69, 9.17) is 10.7 Å². The van der Waals surface area contributed by atoms with Crippen LogP contribution in [0, 0.1) is 6.92 Å².